The zero-order valence-electron chi connectivity index (χ0n) is 11.3. The molecule has 0 heterocycles. The van der Waals surface area contributed by atoms with E-state index < -0.39 is 5.82 Å². The van der Waals surface area contributed by atoms with Gasteiger partial charge in [-0.25, -0.2) is 4.39 Å². The maximum absolute atomic E-state index is 13.6. The standard InChI is InChI=1S/C14H18FNO3/c1-4-9(2)16-14(18)8-19-13-6-5-11(10(3)17)7-12(13)15/h5-7,9H,4,8H2,1-3H3,(H,16,18). The Labute approximate surface area is 112 Å². The number of ketones is 1. The fourth-order valence-corrected chi connectivity index (χ4v) is 1.40. The SMILES string of the molecule is CCC(C)NC(=O)COc1ccc(C(C)=O)cc1F. The van der Waals surface area contributed by atoms with Gasteiger partial charge in [0, 0.05) is 11.6 Å². The Morgan fingerprint density at radius 3 is 2.63 bits per heavy atom. The maximum atomic E-state index is 13.6. The molecule has 104 valence electrons. The average molecular weight is 267 g/mol. The average Bonchev–Trinajstić information content (AvgIpc) is 2.36. The Kier molecular flexibility index (Phi) is 5.48. The van der Waals surface area contributed by atoms with E-state index in [4.69, 9.17) is 4.74 Å². The van der Waals surface area contributed by atoms with Gasteiger partial charge in [0.15, 0.2) is 24.0 Å². The molecule has 0 radical (unpaired) electrons. The number of amides is 1. The van der Waals surface area contributed by atoms with Crippen LogP contribution < -0.4 is 10.1 Å². The summed E-state index contributed by atoms with van der Waals surface area (Å²) in [4.78, 5) is 22.5. The molecule has 1 N–H and O–H groups in total. The fraction of sp³-hybridized carbons (Fsp3) is 0.429. The van der Waals surface area contributed by atoms with Crippen molar-refractivity contribution in [1.29, 1.82) is 0 Å². The van der Waals surface area contributed by atoms with Crippen LogP contribution in [0, 0.1) is 5.82 Å². The summed E-state index contributed by atoms with van der Waals surface area (Å²) >= 11 is 0. The monoisotopic (exact) mass is 267 g/mol. The van der Waals surface area contributed by atoms with Crippen LogP contribution in [-0.4, -0.2) is 24.3 Å². The fourth-order valence-electron chi connectivity index (χ4n) is 1.40. The molecule has 0 fully saturated rings. The molecule has 0 spiro atoms. The third-order valence-corrected chi connectivity index (χ3v) is 2.72. The van der Waals surface area contributed by atoms with Crippen molar-refractivity contribution in [2.75, 3.05) is 6.61 Å². The number of benzene rings is 1. The number of ether oxygens (including phenoxy) is 1. The highest BCUT2D eigenvalue weighted by atomic mass is 19.1. The summed E-state index contributed by atoms with van der Waals surface area (Å²) in [5, 5.41) is 2.71. The molecule has 5 heteroatoms. The van der Waals surface area contributed by atoms with Crippen molar-refractivity contribution in [2.45, 2.75) is 33.2 Å². The van der Waals surface area contributed by atoms with Crippen LogP contribution in [-0.2, 0) is 4.79 Å². The minimum atomic E-state index is -0.649. The summed E-state index contributed by atoms with van der Waals surface area (Å²) in [6, 6.07) is 3.97. The molecular weight excluding hydrogens is 249 g/mol. The number of hydrogen-bond acceptors (Lipinski definition) is 3. The highest BCUT2D eigenvalue weighted by Crippen LogP contribution is 2.18. The van der Waals surface area contributed by atoms with Crippen LogP contribution in [0.4, 0.5) is 4.39 Å². The molecule has 0 saturated carbocycles. The normalized spacial score (nSPS) is 11.8. The van der Waals surface area contributed by atoms with Gasteiger partial charge >= 0.3 is 0 Å². The lowest BCUT2D eigenvalue weighted by molar-refractivity contribution is -0.123. The van der Waals surface area contributed by atoms with E-state index in [0.29, 0.717) is 0 Å². The lowest BCUT2D eigenvalue weighted by Crippen LogP contribution is -2.35. The summed E-state index contributed by atoms with van der Waals surface area (Å²) in [5.74, 6) is -1.21. The van der Waals surface area contributed by atoms with Crippen LogP contribution in [0.5, 0.6) is 5.75 Å². The van der Waals surface area contributed by atoms with Gasteiger partial charge < -0.3 is 10.1 Å². The molecule has 1 atom stereocenters. The third kappa shape index (κ3) is 4.69. The van der Waals surface area contributed by atoms with Crippen molar-refractivity contribution in [3.63, 3.8) is 0 Å². The quantitative estimate of drug-likeness (QED) is 0.805. The van der Waals surface area contributed by atoms with Crippen LogP contribution in [0.15, 0.2) is 18.2 Å². The smallest absolute Gasteiger partial charge is 0.258 e. The second kappa shape index (κ2) is 6.87. The van der Waals surface area contributed by atoms with E-state index in [1.165, 1.54) is 19.1 Å². The first-order valence-electron chi connectivity index (χ1n) is 6.16. The van der Waals surface area contributed by atoms with E-state index in [9.17, 15) is 14.0 Å². The summed E-state index contributed by atoms with van der Waals surface area (Å²) in [6.07, 6.45) is 0.813. The number of halogens is 1. The molecule has 4 nitrogen and oxygen atoms in total. The molecule has 0 bridgehead atoms. The minimum absolute atomic E-state index is 0.0377. The van der Waals surface area contributed by atoms with E-state index in [0.717, 1.165) is 12.5 Å². The van der Waals surface area contributed by atoms with Crippen molar-refractivity contribution < 1.29 is 18.7 Å². The topological polar surface area (TPSA) is 55.4 Å². The summed E-state index contributed by atoms with van der Waals surface area (Å²) in [5.41, 5.74) is 0.272. The van der Waals surface area contributed by atoms with Crippen molar-refractivity contribution in [3.8, 4) is 5.75 Å². The molecule has 0 aliphatic heterocycles. The van der Waals surface area contributed by atoms with Gasteiger partial charge in [-0.15, -0.1) is 0 Å². The first kappa shape index (κ1) is 15.1. The van der Waals surface area contributed by atoms with Gasteiger partial charge in [-0.1, -0.05) is 6.92 Å². The zero-order chi connectivity index (χ0) is 14.4. The molecule has 1 aromatic carbocycles. The molecule has 0 saturated heterocycles. The Hall–Kier alpha value is -1.91. The Morgan fingerprint density at radius 1 is 1.42 bits per heavy atom. The van der Waals surface area contributed by atoms with E-state index in [2.05, 4.69) is 5.32 Å². The van der Waals surface area contributed by atoms with Crippen LogP contribution in [0.3, 0.4) is 0 Å². The highest BCUT2D eigenvalue weighted by molar-refractivity contribution is 5.94. The predicted octanol–water partition coefficient (Wildman–Crippen LogP) is 2.32. The van der Waals surface area contributed by atoms with Crippen molar-refractivity contribution in [1.82, 2.24) is 5.32 Å². The van der Waals surface area contributed by atoms with E-state index in [1.54, 1.807) is 0 Å². The van der Waals surface area contributed by atoms with Crippen LogP contribution in [0.1, 0.15) is 37.6 Å². The Morgan fingerprint density at radius 2 is 2.11 bits per heavy atom. The van der Waals surface area contributed by atoms with Crippen LogP contribution in [0.2, 0.25) is 0 Å². The molecule has 1 rings (SSSR count). The second-order valence-electron chi connectivity index (χ2n) is 4.37. The van der Waals surface area contributed by atoms with Gasteiger partial charge in [0.1, 0.15) is 0 Å². The van der Waals surface area contributed by atoms with Gasteiger partial charge in [-0.05, 0) is 38.5 Å². The zero-order valence-corrected chi connectivity index (χ0v) is 11.3. The number of carbonyl (C=O) groups excluding carboxylic acids is 2. The molecule has 0 aliphatic carbocycles. The van der Waals surface area contributed by atoms with Crippen LogP contribution in [0.25, 0.3) is 0 Å². The number of Topliss-reactive ketones (excluding diaryl/α,β-unsaturated/α-hetero) is 1. The number of rotatable bonds is 6. The molecule has 1 amide bonds. The van der Waals surface area contributed by atoms with Gasteiger partial charge in [-0.3, -0.25) is 9.59 Å². The molecule has 0 aliphatic rings. The lowest BCUT2D eigenvalue weighted by atomic mass is 10.1. The van der Waals surface area contributed by atoms with Crippen molar-refractivity contribution in [2.24, 2.45) is 0 Å². The van der Waals surface area contributed by atoms with Crippen molar-refractivity contribution in [3.05, 3.63) is 29.6 Å². The summed E-state index contributed by atoms with van der Waals surface area (Å²) in [7, 11) is 0. The van der Waals surface area contributed by atoms with Crippen LogP contribution >= 0.6 is 0 Å². The molecule has 1 aromatic rings. The highest BCUT2D eigenvalue weighted by Gasteiger charge is 2.10. The third-order valence-electron chi connectivity index (χ3n) is 2.72. The number of hydrogen-bond donors (Lipinski definition) is 1. The number of nitrogens with one attached hydrogen (secondary N) is 1. The Balaban J connectivity index is 2.59. The van der Waals surface area contributed by atoms with Gasteiger partial charge in [0.05, 0.1) is 0 Å². The molecule has 19 heavy (non-hydrogen) atoms. The van der Waals surface area contributed by atoms with E-state index >= 15 is 0 Å². The number of carbonyl (C=O) groups is 2. The molecular formula is C14H18FNO3. The first-order chi connectivity index (χ1) is 8.93. The first-order valence-corrected chi connectivity index (χ1v) is 6.16. The van der Waals surface area contributed by atoms with Gasteiger partial charge in [0.2, 0.25) is 0 Å². The minimum Gasteiger partial charge on any atom is -0.481 e. The largest absolute Gasteiger partial charge is 0.481 e. The molecule has 0 aromatic heterocycles. The van der Waals surface area contributed by atoms with E-state index in [1.807, 2.05) is 13.8 Å². The Bertz CT molecular complexity index is 474. The van der Waals surface area contributed by atoms with Crippen molar-refractivity contribution >= 4 is 11.7 Å². The lowest BCUT2D eigenvalue weighted by Gasteiger charge is -2.12. The summed E-state index contributed by atoms with van der Waals surface area (Å²) < 4.78 is 18.7. The van der Waals surface area contributed by atoms with Gasteiger partial charge in [-0.2, -0.15) is 0 Å². The maximum Gasteiger partial charge on any atom is 0.258 e. The second-order valence-corrected chi connectivity index (χ2v) is 4.37. The molecule has 1 unspecified atom stereocenters. The van der Waals surface area contributed by atoms with E-state index in [-0.39, 0.29) is 35.7 Å². The van der Waals surface area contributed by atoms with Gasteiger partial charge in [0.25, 0.3) is 5.91 Å². The predicted molar refractivity (Wildman–Crippen MR) is 69.8 cm³/mol. The summed E-state index contributed by atoms with van der Waals surface area (Å²) in [6.45, 7) is 4.93.